The quantitative estimate of drug-likeness (QED) is 0.568. The van der Waals surface area contributed by atoms with Crippen molar-refractivity contribution in [3.8, 4) is 5.75 Å². The van der Waals surface area contributed by atoms with Gasteiger partial charge in [-0.1, -0.05) is 39.0 Å². The zero-order chi connectivity index (χ0) is 21.6. The fraction of sp³-hybridized carbons (Fsp3) is 0.560. The molecule has 3 rings (SSSR count). The summed E-state index contributed by atoms with van der Waals surface area (Å²) in [4.78, 5) is 14.6. The minimum atomic E-state index is -0.0881. The van der Waals surface area contributed by atoms with Crippen LogP contribution in [0.1, 0.15) is 57.8 Å². The summed E-state index contributed by atoms with van der Waals surface area (Å²) in [6, 6.07) is 12.1. The van der Waals surface area contributed by atoms with Crippen molar-refractivity contribution in [2.45, 2.75) is 64.5 Å². The molecule has 1 amide bonds. The summed E-state index contributed by atoms with van der Waals surface area (Å²) in [5, 5.41) is 0. The van der Waals surface area contributed by atoms with Crippen molar-refractivity contribution in [2.24, 2.45) is 5.92 Å². The molecule has 5 nitrogen and oxygen atoms in total. The average molecular weight is 414 g/mol. The largest absolute Gasteiger partial charge is 0.496 e. The second kappa shape index (κ2) is 10.2. The molecule has 1 saturated heterocycles. The molecule has 1 aromatic carbocycles. The van der Waals surface area contributed by atoms with E-state index in [1.807, 2.05) is 36.1 Å². The number of carbonyl (C=O) groups is 1. The van der Waals surface area contributed by atoms with Crippen LogP contribution < -0.4 is 4.74 Å². The van der Waals surface area contributed by atoms with Gasteiger partial charge in [-0.15, -0.1) is 0 Å². The number of carbonyl (C=O) groups excluding carboxylic acids is 1. The molecule has 1 aliphatic rings. The molecule has 30 heavy (non-hydrogen) atoms. The Morgan fingerprint density at radius 2 is 2.07 bits per heavy atom. The van der Waals surface area contributed by atoms with Crippen LogP contribution >= 0.6 is 0 Å². The van der Waals surface area contributed by atoms with Crippen molar-refractivity contribution in [3.05, 3.63) is 54.0 Å². The number of rotatable bonds is 9. The topological polar surface area (TPSA) is 51.9 Å². The molecule has 0 N–H and O–H groups in total. The first-order valence-corrected chi connectivity index (χ1v) is 11.0. The van der Waals surface area contributed by atoms with Gasteiger partial charge in [0, 0.05) is 30.6 Å². The summed E-state index contributed by atoms with van der Waals surface area (Å²) in [7, 11) is 1.73. The van der Waals surface area contributed by atoms with Gasteiger partial charge in [0.15, 0.2) is 0 Å². The van der Waals surface area contributed by atoms with E-state index in [-0.39, 0.29) is 17.4 Å². The molecule has 2 heterocycles. The normalized spacial score (nSPS) is 21.6. The van der Waals surface area contributed by atoms with E-state index in [2.05, 4.69) is 26.0 Å². The van der Waals surface area contributed by atoms with E-state index in [9.17, 15) is 4.79 Å². The van der Waals surface area contributed by atoms with Gasteiger partial charge in [-0.2, -0.15) is 0 Å². The zero-order valence-corrected chi connectivity index (χ0v) is 18.7. The number of hydrogen-bond acceptors (Lipinski definition) is 4. The SMILES string of the molecule is CCC(=O)N(CC[C@]1(c2ccccc2OC)CCO[C@@H](C(C)C)C1)Cc1ccco1. The molecule has 164 valence electrons. The zero-order valence-electron chi connectivity index (χ0n) is 18.7. The molecule has 2 aromatic rings. The number of furan rings is 1. The summed E-state index contributed by atoms with van der Waals surface area (Å²) in [6.07, 6.45) is 5.06. The molecule has 1 aromatic heterocycles. The Labute approximate surface area is 180 Å². The highest BCUT2D eigenvalue weighted by Gasteiger charge is 2.41. The van der Waals surface area contributed by atoms with Crippen LogP contribution in [0.5, 0.6) is 5.75 Å². The van der Waals surface area contributed by atoms with Gasteiger partial charge in [0.2, 0.25) is 5.91 Å². The van der Waals surface area contributed by atoms with Gasteiger partial charge < -0.3 is 18.8 Å². The molecule has 0 aliphatic carbocycles. The van der Waals surface area contributed by atoms with E-state index in [1.165, 1.54) is 5.56 Å². The number of benzene rings is 1. The minimum Gasteiger partial charge on any atom is -0.496 e. The highest BCUT2D eigenvalue weighted by molar-refractivity contribution is 5.75. The number of para-hydroxylation sites is 1. The Kier molecular flexibility index (Phi) is 7.59. The van der Waals surface area contributed by atoms with Crippen LogP contribution in [0.3, 0.4) is 0 Å². The number of nitrogens with zero attached hydrogens (tertiary/aromatic N) is 1. The molecule has 1 aliphatic heterocycles. The van der Waals surface area contributed by atoms with Crippen molar-refractivity contribution < 1.29 is 18.7 Å². The first-order chi connectivity index (χ1) is 14.5. The fourth-order valence-corrected chi connectivity index (χ4v) is 4.52. The lowest BCUT2D eigenvalue weighted by Crippen LogP contribution is -2.44. The number of methoxy groups -OCH3 is 1. The summed E-state index contributed by atoms with van der Waals surface area (Å²) in [5.74, 6) is 2.32. The molecule has 0 radical (unpaired) electrons. The third-order valence-corrected chi connectivity index (χ3v) is 6.37. The molecule has 0 spiro atoms. The Bertz CT molecular complexity index is 801. The Morgan fingerprint density at radius 1 is 1.27 bits per heavy atom. The lowest BCUT2D eigenvalue weighted by molar-refractivity contribution is -0.132. The second-order valence-electron chi connectivity index (χ2n) is 8.59. The van der Waals surface area contributed by atoms with Gasteiger partial charge in [0.05, 0.1) is 26.0 Å². The summed E-state index contributed by atoms with van der Waals surface area (Å²) < 4.78 is 17.4. The van der Waals surface area contributed by atoms with Gasteiger partial charge in [-0.25, -0.2) is 0 Å². The van der Waals surface area contributed by atoms with Crippen LogP contribution in [0.15, 0.2) is 47.1 Å². The van der Waals surface area contributed by atoms with Crippen LogP contribution in [-0.4, -0.2) is 37.2 Å². The van der Waals surface area contributed by atoms with Crippen LogP contribution in [0.25, 0.3) is 0 Å². The number of ether oxygens (including phenoxy) is 2. The van der Waals surface area contributed by atoms with Gasteiger partial charge in [-0.05, 0) is 43.4 Å². The molecule has 0 saturated carbocycles. The molecule has 2 atom stereocenters. The molecule has 0 unspecified atom stereocenters. The Morgan fingerprint density at radius 3 is 2.73 bits per heavy atom. The molecular weight excluding hydrogens is 378 g/mol. The summed E-state index contributed by atoms with van der Waals surface area (Å²) in [5.41, 5.74) is 1.14. The first-order valence-electron chi connectivity index (χ1n) is 11.0. The third-order valence-electron chi connectivity index (χ3n) is 6.37. The van der Waals surface area contributed by atoms with E-state index < -0.39 is 0 Å². The highest BCUT2D eigenvalue weighted by atomic mass is 16.5. The van der Waals surface area contributed by atoms with E-state index in [0.29, 0.717) is 25.4 Å². The van der Waals surface area contributed by atoms with Crippen LogP contribution in [0, 0.1) is 5.92 Å². The van der Waals surface area contributed by atoms with Crippen LogP contribution in [0.2, 0.25) is 0 Å². The van der Waals surface area contributed by atoms with Crippen LogP contribution in [0.4, 0.5) is 0 Å². The van der Waals surface area contributed by atoms with Crippen molar-refractivity contribution in [1.82, 2.24) is 4.90 Å². The Balaban J connectivity index is 1.89. The highest BCUT2D eigenvalue weighted by Crippen LogP contribution is 2.45. The van der Waals surface area contributed by atoms with Gasteiger partial charge in [0.1, 0.15) is 11.5 Å². The second-order valence-corrected chi connectivity index (χ2v) is 8.59. The Hall–Kier alpha value is -2.27. The maximum atomic E-state index is 12.7. The van der Waals surface area contributed by atoms with Gasteiger partial charge in [-0.3, -0.25) is 4.79 Å². The van der Waals surface area contributed by atoms with Crippen molar-refractivity contribution in [1.29, 1.82) is 0 Å². The first kappa shape index (κ1) is 22.4. The monoisotopic (exact) mass is 413 g/mol. The predicted octanol–water partition coefficient (Wildman–Crippen LogP) is 5.19. The van der Waals surface area contributed by atoms with Gasteiger partial charge in [0.25, 0.3) is 0 Å². The van der Waals surface area contributed by atoms with Crippen molar-refractivity contribution >= 4 is 5.91 Å². The molecule has 0 bridgehead atoms. The van der Waals surface area contributed by atoms with E-state index in [4.69, 9.17) is 13.9 Å². The third kappa shape index (κ3) is 5.07. The van der Waals surface area contributed by atoms with E-state index >= 15 is 0 Å². The van der Waals surface area contributed by atoms with E-state index in [1.54, 1.807) is 13.4 Å². The summed E-state index contributed by atoms with van der Waals surface area (Å²) >= 11 is 0. The average Bonchev–Trinajstić information content (AvgIpc) is 3.29. The number of hydrogen-bond donors (Lipinski definition) is 0. The predicted molar refractivity (Wildman–Crippen MR) is 118 cm³/mol. The lowest BCUT2D eigenvalue weighted by atomic mass is 9.68. The molecular formula is C25H35NO4. The number of amides is 1. The molecule has 1 fully saturated rings. The smallest absolute Gasteiger partial charge is 0.222 e. The van der Waals surface area contributed by atoms with Crippen molar-refractivity contribution in [3.63, 3.8) is 0 Å². The van der Waals surface area contributed by atoms with Gasteiger partial charge >= 0.3 is 0 Å². The maximum absolute atomic E-state index is 12.7. The van der Waals surface area contributed by atoms with Crippen LogP contribution in [-0.2, 0) is 21.5 Å². The minimum absolute atomic E-state index is 0.0881. The fourth-order valence-electron chi connectivity index (χ4n) is 4.52. The summed E-state index contributed by atoms with van der Waals surface area (Å²) in [6.45, 7) is 8.25. The lowest BCUT2D eigenvalue weighted by Gasteiger charge is -2.44. The molecule has 5 heteroatoms. The van der Waals surface area contributed by atoms with E-state index in [0.717, 1.165) is 37.4 Å². The van der Waals surface area contributed by atoms with Crippen molar-refractivity contribution in [2.75, 3.05) is 20.3 Å². The maximum Gasteiger partial charge on any atom is 0.222 e. The standard InChI is InChI=1S/C25H35NO4/c1-5-24(27)26(18-20-9-8-15-29-20)14-12-25(13-16-30-23(17-25)19(2)3)21-10-6-7-11-22(21)28-4/h6-11,15,19,23H,5,12-14,16-18H2,1-4H3/t23-,25+/m1/s1.